The minimum Gasteiger partial charge on any atom is -0.320 e. The zero-order chi connectivity index (χ0) is 16.1. The number of anilines is 1. The average Bonchev–Trinajstić information content (AvgIpc) is 2.54. The van der Waals surface area contributed by atoms with Gasteiger partial charge in [-0.1, -0.05) is 56.3 Å². The second-order valence-electron chi connectivity index (χ2n) is 5.94. The molecule has 23 heavy (non-hydrogen) atoms. The van der Waals surface area contributed by atoms with Crippen molar-refractivity contribution >= 4 is 24.0 Å². The number of nitrogens with two attached hydrogens (primary N) is 1. The zero-order valence-corrected chi connectivity index (χ0v) is 14.7. The molecule has 4 heteroatoms. The Labute approximate surface area is 144 Å². The van der Waals surface area contributed by atoms with E-state index in [1.54, 1.807) is 11.9 Å². The first-order valence-electron chi connectivity index (χ1n) is 7.66. The summed E-state index contributed by atoms with van der Waals surface area (Å²) >= 11 is 0. The number of carbonyl (C=O) groups excluding carboxylic acids is 1. The molecule has 1 amide bonds. The molecule has 3 nitrogen and oxygen atoms in total. The minimum absolute atomic E-state index is 0. The maximum Gasteiger partial charge on any atom is 0.243 e. The Morgan fingerprint density at radius 2 is 1.61 bits per heavy atom. The normalized spacial score (nSPS) is 11.7. The van der Waals surface area contributed by atoms with Gasteiger partial charge in [0.05, 0.1) is 6.04 Å². The molecule has 0 aromatic heterocycles. The Balaban J connectivity index is 0.00000264. The van der Waals surface area contributed by atoms with E-state index in [1.807, 2.05) is 42.5 Å². The van der Waals surface area contributed by atoms with Crippen LogP contribution in [0, 0.1) is 0 Å². The third-order valence-electron chi connectivity index (χ3n) is 3.89. The molecular weight excluding hydrogens is 308 g/mol. The number of rotatable bonds is 5. The van der Waals surface area contributed by atoms with Crippen LogP contribution in [0.15, 0.2) is 54.6 Å². The van der Waals surface area contributed by atoms with Crippen molar-refractivity contribution in [3.63, 3.8) is 0 Å². The first-order valence-corrected chi connectivity index (χ1v) is 7.66. The fourth-order valence-corrected chi connectivity index (χ4v) is 2.41. The van der Waals surface area contributed by atoms with E-state index in [0.29, 0.717) is 12.3 Å². The van der Waals surface area contributed by atoms with Crippen LogP contribution in [0.3, 0.4) is 0 Å². The van der Waals surface area contributed by atoms with Crippen molar-refractivity contribution in [2.75, 3.05) is 11.9 Å². The molecular formula is C19H25ClN2O. The number of halogens is 1. The molecule has 124 valence electrons. The van der Waals surface area contributed by atoms with E-state index in [1.165, 1.54) is 5.56 Å². The summed E-state index contributed by atoms with van der Waals surface area (Å²) in [4.78, 5) is 14.1. The number of likely N-dealkylation sites (N-methyl/N-ethyl adjacent to an activating group) is 1. The molecule has 0 aliphatic heterocycles. The van der Waals surface area contributed by atoms with Crippen molar-refractivity contribution in [2.45, 2.75) is 32.2 Å². The van der Waals surface area contributed by atoms with Crippen molar-refractivity contribution in [3.05, 3.63) is 65.7 Å². The maximum absolute atomic E-state index is 12.5. The van der Waals surface area contributed by atoms with Gasteiger partial charge in [0, 0.05) is 12.7 Å². The summed E-state index contributed by atoms with van der Waals surface area (Å²) in [5.74, 6) is 0.413. The maximum atomic E-state index is 12.5. The molecule has 0 radical (unpaired) electrons. The molecule has 0 bridgehead atoms. The Morgan fingerprint density at radius 1 is 1.04 bits per heavy atom. The molecule has 0 aliphatic carbocycles. The zero-order valence-electron chi connectivity index (χ0n) is 13.9. The Bertz CT molecular complexity index is 611. The first kappa shape index (κ1) is 19.2. The quantitative estimate of drug-likeness (QED) is 0.906. The van der Waals surface area contributed by atoms with Crippen molar-refractivity contribution in [3.8, 4) is 0 Å². The smallest absolute Gasteiger partial charge is 0.243 e. The fraction of sp³-hybridized carbons (Fsp3) is 0.316. The predicted octanol–water partition coefficient (Wildman–Crippen LogP) is 3.76. The van der Waals surface area contributed by atoms with Crippen LogP contribution >= 0.6 is 12.4 Å². The fourth-order valence-electron chi connectivity index (χ4n) is 2.41. The lowest BCUT2D eigenvalue weighted by Crippen LogP contribution is -2.43. The average molecular weight is 333 g/mol. The predicted molar refractivity (Wildman–Crippen MR) is 99.3 cm³/mol. The van der Waals surface area contributed by atoms with Crippen LogP contribution < -0.4 is 10.6 Å². The number of hydrogen-bond acceptors (Lipinski definition) is 2. The highest BCUT2D eigenvalue weighted by molar-refractivity contribution is 5.96. The van der Waals surface area contributed by atoms with Crippen molar-refractivity contribution < 1.29 is 4.79 Å². The Kier molecular flexibility index (Phi) is 7.27. The van der Waals surface area contributed by atoms with Gasteiger partial charge in [-0.2, -0.15) is 0 Å². The van der Waals surface area contributed by atoms with Gasteiger partial charge in [0.25, 0.3) is 0 Å². The van der Waals surface area contributed by atoms with E-state index in [2.05, 4.69) is 26.0 Å². The summed E-state index contributed by atoms with van der Waals surface area (Å²) in [5, 5.41) is 0. The topological polar surface area (TPSA) is 46.3 Å². The molecule has 2 aromatic carbocycles. The summed E-state index contributed by atoms with van der Waals surface area (Å²) in [5.41, 5.74) is 9.29. The van der Waals surface area contributed by atoms with Crippen LogP contribution in [0.25, 0.3) is 0 Å². The number of benzene rings is 2. The van der Waals surface area contributed by atoms with Gasteiger partial charge >= 0.3 is 0 Å². The standard InChI is InChI=1S/C19H24N2O.ClH/c1-14(2)16-9-11-17(12-10-16)21(3)19(22)18(20)13-15-7-5-4-6-8-15;/h4-12,14,18H,13,20H2,1-3H3;1H/t18-;/m0./s1. The SMILES string of the molecule is CC(C)c1ccc(N(C)C(=O)[C@@H](N)Cc2ccccc2)cc1.Cl. The molecule has 0 saturated carbocycles. The highest BCUT2D eigenvalue weighted by atomic mass is 35.5. The van der Waals surface area contributed by atoms with Gasteiger partial charge in [-0.3, -0.25) is 4.79 Å². The van der Waals surface area contributed by atoms with Gasteiger partial charge in [-0.15, -0.1) is 12.4 Å². The number of amides is 1. The lowest BCUT2D eigenvalue weighted by atomic mass is 10.0. The Hall–Kier alpha value is -1.84. The molecule has 0 unspecified atom stereocenters. The monoisotopic (exact) mass is 332 g/mol. The largest absolute Gasteiger partial charge is 0.320 e. The van der Waals surface area contributed by atoms with E-state index < -0.39 is 6.04 Å². The highest BCUT2D eigenvalue weighted by Crippen LogP contribution is 2.20. The van der Waals surface area contributed by atoms with Crippen LogP contribution in [0.1, 0.15) is 30.9 Å². The van der Waals surface area contributed by atoms with Gasteiger partial charge in [0.15, 0.2) is 0 Å². The highest BCUT2D eigenvalue weighted by Gasteiger charge is 2.19. The van der Waals surface area contributed by atoms with Crippen LogP contribution in [0.2, 0.25) is 0 Å². The molecule has 0 heterocycles. The van der Waals surface area contributed by atoms with Crippen LogP contribution in [0.4, 0.5) is 5.69 Å². The van der Waals surface area contributed by atoms with Crippen molar-refractivity contribution in [2.24, 2.45) is 5.73 Å². The van der Waals surface area contributed by atoms with Crippen LogP contribution in [-0.2, 0) is 11.2 Å². The lowest BCUT2D eigenvalue weighted by Gasteiger charge is -2.22. The summed E-state index contributed by atoms with van der Waals surface area (Å²) < 4.78 is 0. The van der Waals surface area contributed by atoms with E-state index in [0.717, 1.165) is 11.3 Å². The molecule has 0 saturated heterocycles. The summed E-state index contributed by atoms with van der Waals surface area (Å²) in [6.07, 6.45) is 0.550. The molecule has 1 atom stereocenters. The Morgan fingerprint density at radius 3 is 2.13 bits per heavy atom. The van der Waals surface area contributed by atoms with Gasteiger partial charge in [0.1, 0.15) is 0 Å². The summed E-state index contributed by atoms with van der Waals surface area (Å²) in [7, 11) is 1.78. The van der Waals surface area contributed by atoms with E-state index in [9.17, 15) is 4.79 Å². The molecule has 2 N–H and O–H groups in total. The molecule has 0 fully saturated rings. The van der Waals surface area contributed by atoms with Crippen molar-refractivity contribution in [1.82, 2.24) is 0 Å². The van der Waals surface area contributed by atoms with Gasteiger partial charge < -0.3 is 10.6 Å². The number of hydrogen-bond donors (Lipinski definition) is 1. The van der Waals surface area contributed by atoms with Crippen LogP contribution in [0.5, 0.6) is 0 Å². The van der Waals surface area contributed by atoms with E-state index in [4.69, 9.17) is 5.73 Å². The summed E-state index contributed by atoms with van der Waals surface area (Å²) in [6.45, 7) is 4.30. The second kappa shape index (κ2) is 8.70. The van der Waals surface area contributed by atoms with Crippen LogP contribution in [-0.4, -0.2) is 19.0 Å². The minimum atomic E-state index is -0.530. The number of carbonyl (C=O) groups is 1. The third-order valence-corrected chi connectivity index (χ3v) is 3.89. The molecule has 2 rings (SSSR count). The lowest BCUT2D eigenvalue weighted by molar-refractivity contribution is -0.119. The van der Waals surface area contributed by atoms with E-state index >= 15 is 0 Å². The number of nitrogens with zero attached hydrogens (tertiary/aromatic N) is 1. The molecule has 0 spiro atoms. The van der Waals surface area contributed by atoms with Gasteiger partial charge in [-0.05, 0) is 35.6 Å². The van der Waals surface area contributed by atoms with E-state index in [-0.39, 0.29) is 18.3 Å². The first-order chi connectivity index (χ1) is 10.5. The molecule has 0 aliphatic rings. The third kappa shape index (κ3) is 5.08. The van der Waals surface area contributed by atoms with Gasteiger partial charge in [-0.25, -0.2) is 0 Å². The second-order valence-corrected chi connectivity index (χ2v) is 5.94. The summed E-state index contributed by atoms with van der Waals surface area (Å²) in [6, 6.07) is 17.4. The van der Waals surface area contributed by atoms with Gasteiger partial charge in [0.2, 0.25) is 5.91 Å². The molecule has 2 aromatic rings. The van der Waals surface area contributed by atoms with Crippen molar-refractivity contribution in [1.29, 1.82) is 0 Å².